The number of carboxylic acids is 1. The second kappa shape index (κ2) is 11.3. The number of benzene rings is 2. The normalized spacial score (nSPS) is 15.0. The van der Waals surface area contributed by atoms with E-state index in [2.05, 4.69) is 15.1 Å². The van der Waals surface area contributed by atoms with E-state index >= 15 is 8.78 Å². The number of carboxylic acid groups (broad SMARTS) is 1. The summed E-state index contributed by atoms with van der Waals surface area (Å²) in [5.74, 6) is -2.17. The Labute approximate surface area is 246 Å². The summed E-state index contributed by atoms with van der Waals surface area (Å²) in [7, 11) is 1.17. The first-order chi connectivity index (χ1) is 21.0. The molecule has 9 nitrogen and oxygen atoms in total. The van der Waals surface area contributed by atoms with E-state index < -0.39 is 29.5 Å². The Morgan fingerprint density at radius 2 is 1.89 bits per heavy atom. The zero-order chi connectivity index (χ0) is 31.2. The minimum atomic E-state index is -4.58. The molecule has 1 saturated heterocycles. The monoisotopic (exact) mass is 613 g/mol. The molecule has 5 aromatic rings. The number of hydrogen-bond donors (Lipinski definition) is 1. The van der Waals surface area contributed by atoms with Gasteiger partial charge in [0.1, 0.15) is 35.5 Å². The molecular formula is C30H24F5N5O4. The molecule has 44 heavy (non-hydrogen) atoms. The molecule has 1 atom stereocenters. The molecule has 0 bridgehead atoms. The van der Waals surface area contributed by atoms with Gasteiger partial charge in [0, 0.05) is 31.7 Å². The minimum absolute atomic E-state index is 0.0155. The molecule has 0 radical (unpaired) electrons. The van der Waals surface area contributed by atoms with Crippen LogP contribution in [0.1, 0.15) is 39.6 Å². The van der Waals surface area contributed by atoms with Crippen LogP contribution < -0.4 is 4.74 Å². The summed E-state index contributed by atoms with van der Waals surface area (Å²) in [5.41, 5.74) is 0.159. The fourth-order valence-corrected chi connectivity index (χ4v) is 5.02. The summed E-state index contributed by atoms with van der Waals surface area (Å²) in [5, 5.41) is 13.2. The van der Waals surface area contributed by atoms with Crippen molar-refractivity contribution in [2.24, 2.45) is 7.05 Å². The molecule has 1 N–H and O–H groups in total. The van der Waals surface area contributed by atoms with Crippen LogP contribution in [0.4, 0.5) is 22.0 Å². The average Bonchev–Trinajstić information content (AvgIpc) is 3.50. The van der Waals surface area contributed by atoms with Crippen molar-refractivity contribution >= 4 is 17.0 Å². The van der Waals surface area contributed by atoms with Crippen molar-refractivity contribution in [1.82, 2.24) is 24.3 Å². The van der Waals surface area contributed by atoms with Gasteiger partial charge in [-0.1, -0.05) is 6.07 Å². The van der Waals surface area contributed by atoms with Crippen LogP contribution in [0.25, 0.3) is 22.3 Å². The standard InChI is InChI=1S/C30H24F5N5O4/c1-39-26(30(33,34)35)12-18(38-39)15-44-28-4-2-3-23(37-28)20-13-21(31)17(9-22(20)32)11-27-36-24-6-5-16(29(41)42)10-25(24)40(27)14-19-7-8-43-19/h2-6,9-10,12-13,19H,7-8,11,14-15H2,1H3,(H,41,42)/t19-/m0/s1. The number of carbonyl (C=O) groups is 1. The lowest BCUT2D eigenvalue weighted by Crippen LogP contribution is -2.31. The number of imidazole rings is 1. The van der Waals surface area contributed by atoms with Gasteiger partial charge in [-0.3, -0.25) is 4.68 Å². The van der Waals surface area contributed by atoms with Crippen molar-refractivity contribution in [2.45, 2.75) is 38.3 Å². The Balaban J connectivity index is 1.25. The Morgan fingerprint density at radius 1 is 1.09 bits per heavy atom. The lowest BCUT2D eigenvalue weighted by Gasteiger charge is -2.27. The molecule has 1 fully saturated rings. The highest BCUT2D eigenvalue weighted by atomic mass is 19.4. The van der Waals surface area contributed by atoms with Crippen LogP contribution in [0.3, 0.4) is 0 Å². The molecule has 3 aromatic heterocycles. The van der Waals surface area contributed by atoms with Gasteiger partial charge >= 0.3 is 12.1 Å². The summed E-state index contributed by atoms with van der Waals surface area (Å²) in [6, 6.07) is 11.8. The Bertz CT molecular complexity index is 1880. The molecule has 0 spiro atoms. The molecule has 1 aliphatic rings. The number of aryl methyl sites for hydroxylation is 1. The summed E-state index contributed by atoms with van der Waals surface area (Å²) >= 11 is 0. The lowest BCUT2D eigenvalue weighted by molar-refractivity contribution is -0.143. The highest BCUT2D eigenvalue weighted by Crippen LogP contribution is 2.31. The van der Waals surface area contributed by atoms with E-state index in [1.54, 1.807) is 10.6 Å². The van der Waals surface area contributed by atoms with Gasteiger partial charge in [-0.05, 0) is 54.4 Å². The van der Waals surface area contributed by atoms with Gasteiger partial charge in [0.05, 0.1) is 34.9 Å². The number of rotatable bonds is 9. The molecule has 0 amide bonds. The molecule has 1 aliphatic heterocycles. The number of pyridine rings is 1. The van der Waals surface area contributed by atoms with E-state index in [1.807, 2.05) is 0 Å². The van der Waals surface area contributed by atoms with E-state index in [9.17, 15) is 23.1 Å². The number of hydrogen-bond acceptors (Lipinski definition) is 6. The molecule has 0 aliphatic carbocycles. The number of nitrogens with zero attached hydrogens (tertiary/aromatic N) is 5. The zero-order valence-electron chi connectivity index (χ0n) is 23.1. The van der Waals surface area contributed by atoms with E-state index in [4.69, 9.17) is 9.47 Å². The molecular weight excluding hydrogens is 589 g/mol. The van der Waals surface area contributed by atoms with Gasteiger partial charge in [-0.25, -0.2) is 23.5 Å². The highest BCUT2D eigenvalue weighted by Gasteiger charge is 2.35. The topological polar surface area (TPSA) is 104 Å². The summed E-state index contributed by atoms with van der Waals surface area (Å²) < 4.78 is 83.5. The van der Waals surface area contributed by atoms with Gasteiger partial charge < -0.3 is 19.1 Å². The van der Waals surface area contributed by atoms with Crippen LogP contribution in [0.5, 0.6) is 5.88 Å². The molecule has 6 rings (SSSR count). The Morgan fingerprint density at radius 3 is 2.57 bits per heavy atom. The van der Waals surface area contributed by atoms with Crippen molar-refractivity contribution in [3.8, 4) is 17.1 Å². The third-order valence-corrected chi connectivity index (χ3v) is 7.33. The number of fused-ring (bicyclic) bond motifs is 1. The first kappa shape index (κ1) is 29.2. The van der Waals surface area contributed by atoms with Crippen molar-refractivity contribution in [3.63, 3.8) is 0 Å². The molecule has 0 unspecified atom stereocenters. The maximum absolute atomic E-state index is 15.4. The lowest BCUT2D eigenvalue weighted by atomic mass is 10.0. The zero-order valence-corrected chi connectivity index (χ0v) is 23.1. The first-order valence-corrected chi connectivity index (χ1v) is 13.5. The third kappa shape index (κ3) is 5.84. The van der Waals surface area contributed by atoms with Crippen LogP contribution in [-0.4, -0.2) is 48.1 Å². The van der Waals surface area contributed by atoms with E-state index in [0.29, 0.717) is 34.7 Å². The molecule has 2 aromatic carbocycles. The van der Waals surface area contributed by atoms with Crippen LogP contribution in [0.15, 0.2) is 54.6 Å². The Hall–Kier alpha value is -4.85. The number of ether oxygens (including phenoxy) is 2. The number of aromatic carboxylic acids is 1. The molecule has 228 valence electrons. The van der Waals surface area contributed by atoms with Crippen molar-refractivity contribution in [1.29, 1.82) is 0 Å². The molecule has 0 saturated carbocycles. The van der Waals surface area contributed by atoms with Crippen molar-refractivity contribution in [2.75, 3.05) is 6.61 Å². The van der Waals surface area contributed by atoms with E-state index in [0.717, 1.165) is 24.6 Å². The van der Waals surface area contributed by atoms with Gasteiger partial charge in [0.15, 0.2) is 0 Å². The SMILES string of the molecule is Cn1nc(COc2cccc(-c3cc(F)c(Cc4nc5ccc(C(=O)O)cc5n4C[C@@H]4CCO4)cc3F)n2)cc1C(F)(F)F. The highest BCUT2D eigenvalue weighted by molar-refractivity contribution is 5.92. The first-order valence-electron chi connectivity index (χ1n) is 13.5. The average molecular weight is 614 g/mol. The number of halogens is 5. The molecule has 4 heterocycles. The van der Waals surface area contributed by atoms with Crippen molar-refractivity contribution < 1.29 is 41.3 Å². The summed E-state index contributed by atoms with van der Waals surface area (Å²) in [4.78, 5) is 20.3. The second-order valence-electron chi connectivity index (χ2n) is 10.3. The van der Waals surface area contributed by atoms with Crippen LogP contribution in [0.2, 0.25) is 0 Å². The summed E-state index contributed by atoms with van der Waals surface area (Å²) in [6.07, 6.45) is -3.95. The Kier molecular flexibility index (Phi) is 7.53. The van der Waals surface area contributed by atoms with E-state index in [-0.39, 0.29) is 53.1 Å². The third-order valence-electron chi connectivity index (χ3n) is 7.33. The predicted octanol–water partition coefficient (Wildman–Crippen LogP) is 5.79. The van der Waals surface area contributed by atoms with Crippen LogP contribution in [0, 0.1) is 11.6 Å². The number of alkyl halides is 3. The van der Waals surface area contributed by atoms with Gasteiger partial charge in [-0.2, -0.15) is 18.3 Å². The van der Waals surface area contributed by atoms with Crippen LogP contribution in [-0.2, 0) is 37.5 Å². The smallest absolute Gasteiger partial charge is 0.433 e. The van der Waals surface area contributed by atoms with Crippen LogP contribution >= 0.6 is 0 Å². The van der Waals surface area contributed by atoms with Crippen molar-refractivity contribution in [3.05, 3.63) is 94.6 Å². The van der Waals surface area contributed by atoms with Gasteiger partial charge in [0.2, 0.25) is 5.88 Å². The number of aromatic nitrogens is 5. The van der Waals surface area contributed by atoms with Gasteiger partial charge in [-0.15, -0.1) is 0 Å². The fraction of sp³-hybridized carbons (Fsp3) is 0.267. The minimum Gasteiger partial charge on any atom is -0.478 e. The molecule has 14 heteroatoms. The fourth-order valence-electron chi connectivity index (χ4n) is 5.02. The second-order valence-corrected chi connectivity index (χ2v) is 10.3. The van der Waals surface area contributed by atoms with Gasteiger partial charge in [0.25, 0.3) is 0 Å². The summed E-state index contributed by atoms with van der Waals surface area (Å²) in [6.45, 7) is 0.664. The maximum atomic E-state index is 15.4. The quantitative estimate of drug-likeness (QED) is 0.210. The van der Waals surface area contributed by atoms with E-state index in [1.165, 1.54) is 37.4 Å². The predicted molar refractivity (Wildman–Crippen MR) is 146 cm³/mol. The largest absolute Gasteiger partial charge is 0.478 e. The maximum Gasteiger partial charge on any atom is 0.433 e.